The molecule has 0 radical (unpaired) electrons. The van der Waals surface area contributed by atoms with Crippen LogP contribution in [0.2, 0.25) is 0 Å². The van der Waals surface area contributed by atoms with Crippen molar-refractivity contribution in [1.29, 1.82) is 0 Å². The van der Waals surface area contributed by atoms with Crippen molar-refractivity contribution in [2.24, 2.45) is 0 Å². The number of aromatic nitrogens is 2. The van der Waals surface area contributed by atoms with E-state index in [0.717, 1.165) is 35.8 Å². The molecule has 1 aromatic heterocycles. The van der Waals surface area contributed by atoms with Crippen LogP contribution in [0.4, 0.5) is 0 Å². The lowest BCUT2D eigenvalue weighted by Crippen LogP contribution is -2.23. The number of sulfonamides is 1. The highest BCUT2D eigenvalue weighted by atomic mass is 32.2. The first kappa shape index (κ1) is 19.3. The van der Waals surface area contributed by atoms with Gasteiger partial charge >= 0.3 is 0 Å². The minimum Gasteiger partial charge on any atom is -0.319 e. The lowest BCUT2D eigenvalue weighted by atomic mass is 10.2. The first-order valence-corrected chi connectivity index (χ1v) is 11.4. The van der Waals surface area contributed by atoms with Crippen LogP contribution >= 0.6 is 11.8 Å². The number of thioether (sulfide) groups is 1. The standard InChI is InChI=1S/C17H27N3O2S2/c1-3-4-5-8-13-20-16-11-7-6-10-15(16)19-17(20)23-14-9-12-18-24(2,21)22/h6-7,10-11,18H,3-5,8-9,12-14H2,1-2H3. The van der Waals surface area contributed by atoms with Gasteiger partial charge in [-0.05, 0) is 25.0 Å². The van der Waals surface area contributed by atoms with Gasteiger partial charge in [-0.15, -0.1) is 0 Å². The average molecular weight is 370 g/mol. The van der Waals surface area contributed by atoms with E-state index in [-0.39, 0.29) is 0 Å². The van der Waals surface area contributed by atoms with Crippen molar-refractivity contribution in [2.45, 2.75) is 50.7 Å². The third kappa shape index (κ3) is 6.11. The maximum Gasteiger partial charge on any atom is 0.208 e. The quantitative estimate of drug-likeness (QED) is 0.485. The summed E-state index contributed by atoms with van der Waals surface area (Å²) >= 11 is 1.70. The van der Waals surface area contributed by atoms with E-state index in [4.69, 9.17) is 4.98 Å². The molecule has 134 valence electrons. The number of aryl methyl sites for hydroxylation is 1. The van der Waals surface area contributed by atoms with Gasteiger partial charge in [0, 0.05) is 18.8 Å². The van der Waals surface area contributed by atoms with Gasteiger partial charge in [-0.1, -0.05) is 50.1 Å². The number of benzene rings is 1. The molecule has 0 atom stereocenters. The average Bonchev–Trinajstić information content (AvgIpc) is 2.88. The first-order chi connectivity index (χ1) is 11.5. The van der Waals surface area contributed by atoms with E-state index in [0.29, 0.717) is 6.54 Å². The molecule has 0 saturated heterocycles. The number of unbranched alkanes of at least 4 members (excludes halogenated alkanes) is 3. The summed E-state index contributed by atoms with van der Waals surface area (Å²) in [6, 6.07) is 8.24. The van der Waals surface area contributed by atoms with Gasteiger partial charge in [0.15, 0.2) is 5.16 Å². The van der Waals surface area contributed by atoms with Crippen LogP contribution in [0.25, 0.3) is 11.0 Å². The Morgan fingerprint density at radius 2 is 1.96 bits per heavy atom. The monoisotopic (exact) mass is 369 g/mol. The highest BCUT2D eigenvalue weighted by Crippen LogP contribution is 2.25. The van der Waals surface area contributed by atoms with Crippen LogP contribution in [0.1, 0.15) is 39.0 Å². The van der Waals surface area contributed by atoms with Crippen LogP contribution in [0.3, 0.4) is 0 Å². The molecule has 1 N–H and O–H groups in total. The van der Waals surface area contributed by atoms with Crippen LogP contribution in [0.15, 0.2) is 29.4 Å². The minimum absolute atomic E-state index is 0.475. The zero-order valence-electron chi connectivity index (χ0n) is 14.5. The largest absolute Gasteiger partial charge is 0.319 e. The van der Waals surface area contributed by atoms with Gasteiger partial charge in [-0.2, -0.15) is 0 Å². The van der Waals surface area contributed by atoms with Crippen molar-refractivity contribution in [3.05, 3.63) is 24.3 Å². The second-order valence-corrected chi connectivity index (χ2v) is 8.86. The normalized spacial score (nSPS) is 12.1. The third-order valence-corrected chi connectivity index (χ3v) is 5.56. The Morgan fingerprint density at radius 1 is 1.17 bits per heavy atom. The van der Waals surface area contributed by atoms with Crippen molar-refractivity contribution >= 4 is 32.8 Å². The SMILES string of the molecule is CCCCCCn1c(SCCCNS(C)(=O)=O)nc2ccccc21. The van der Waals surface area contributed by atoms with E-state index in [2.05, 4.69) is 28.3 Å². The van der Waals surface area contributed by atoms with Gasteiger partial charge in [-0.3, -0.25) is 0 Å². The zero-order chi connectivity index (χ0) is 17.4. The van der Waals surface area contributed by atoms with Crippen LogP contribution < -0.4 is 4.72 Å². The van der Waals surface area contributed by atoms with Crippen molar-refractivity contribution < 1.29 is 8.42 Å². The molecule has 0 unspecified atom stereocenters. The van der Waals surface area contributed by atoms with Gasteiger partial charge in [0.05, 0.1) is 17.3 Å². The molecule has 7 heteroatoms. The second kappa shape index (κ2) is 9.44. The van der Waals surface area contributed by atoms with Gasteiger partial charge in [0.25, 0.3) is 0 Å². The molecule has 0 fully saturated rings. The maximum atomic E-state index is 11.1. The maximum absolute atomic E-state index is 11.1. The van der Waals surface area contributed by atoms with Gasteiger partial charge in [0.1, 0.15) is 0 Å². The van der Waals surface area contributed by atoms with Crippen molar-refractivity contribution in [1.82, 2.24) is 14.3 Å². The Balaban J connectivity index is 1.97. The summed E-state index contributed by atoms with van der Waals surface area (Å²) in [5.74, 6) is 0.848. The summed E-state index contributed by atoms with van der Waals surface area (Å²) in [5, 5.41) is 1.03. The van der Waals surface area contributed by atoms with Crippen molar-refractivity contribution in [3.63, 3.8) is 0 Å². The predicted molar refractivity (Wildman–Crippen MR) is 102 cm³/mol. The van der Waals surface area contributed by atoms with Gasteiger partial charge in [-0.25, -0.2) is 18.1 Å². The van der Waals surface area contributed by atoms with Gasteiger partial charge in [0.2, 0.25) is 10.0 Å². The smallest absolute Gasteiger partial charge is 0.208 e. The van der Waals surface area contributed by atoms with Crippen LogP contribution in [0.5, 0.6) is 0 Å². The third-order valence-electron chi connectivity index (χ3n) is 3.77. The number of nitrogens with one attached hydrogen (secondary N) is 1. The second-order valence-electron chi connectivity index (χ2n) is 5.96. The fourth-order valence-electron chi connectivity index (χ4n) is 2.57. The molecule has 0 amide bonds. The van der Waals surface area contributed by atoms with E-state index in [9.17, 15) is 8.42 Å². The van der Waals surface area contributed by atoms with E-state index in [1.54, 1.807) is 11.8 Å². The summed E-state index contributed by atoms with van der Waals surface area (Å²) in [4.78, 5) is 4.75. The topological polar surface area (TPSA) is 64.0 Å². The van der Waals surface area contributed by atoms with E-state index < -0.39 is 10.0 Å². The molecule has 2 rings (SSSR count). The molecule has 1 heterocycles. The Kier molecular flexibility index (Phi) is 7.58. The summed E-state index contributed by atoms with van der Waals surface area (Å²) in [6.07, 6.45) is 6.89. The van der Waals surface area contributed by atoms with E-state index in [1.807, 2.05) is 12.1 Å². The molecule has 0 aliphatic rings. The molecule has 1 aromatic carbocycles. The number of para-hydroxylation sites is 2. The summed E-state index contributed by atoms with van der Waals surface area (Å²) in [6.45, 7) is 3.69. The highest BCUT2D eigenvalue weighted by molar-refractivity contribution is 7.99. The van der Waals surface area contributed by atoms with E-state index >= 15 is 0 Å². The molecule has 0 saturated carbocycles. The first-order valence-electron chi connectivity index (χ1n) is 8.54. The highest BCUT2D eigenvalue weighted by Gasteiger charge is 2.10. The van der Waals surface area contributed by atoms with Gasteiger partial charge < -0.3 is 4.57 Å². The molecular weight excluding hydrogens is 342 g/mol. The van der Waals surface area contributed by atoms with E-state index in [1.165, 1.54) is 31.0 Å². The number of fused-ring (bicyclic) bond motifs is 1. The zero-order valence-corrected chi connectivity index (χ0v) is 16.1. The van der Waals surface area contributed by atoms with Crippen LogP contribution in [0, 0.1) is 0 Å². The molecule has 2 aromatic rings. The Labute approximate surface area is 149 Å². The Bertz CT molecular complexity index is 741. The Hall–Kier alpha value is -1.05. The van der Waals surface area contributed by atoms with Crippen molar-refractivity contribution in [3.8, 4) is 0 Å². The van der Waals surface area contributed by atoms with Crippen LogP contribution in [-0.4, -0.2) is 36.5 Å². The molecule has 24 heavy (non-hydrogen) atoms. The fourth-order valence-corrected chi connectivity index (χ4v) is 4.06. The number of nitrogens with zero attached hydrogens (tertiary/aromatic N) is 2. The summed E-state index contributed by atoms with van der Waals surface area (Å²) in [7, 11) is -3.10. The summed E-state index contributed by atoms with van der Waals surface area (Å²) < 4.78 is 27.0. The molecule has 0 aliphatic heterocycles. The number of hydrogen-bond donors (Lipinski definition) is 1. The number of rotatable bonds is 11. The number of hydrogen-bond acceptors (Lipinski definition) is 4. The molecule has 0 spiro atoms. The fraction of sp³-hybridized carbons (Fsp3) is 0.588. The van der Waals surface area contributed by atoms with Crippen molar-refractivity contribution in [2.75, 3.05) is 18.6 Å². The molecule has 0 bridgehead atoms. The lowest BCUT2D eigenvalue weighted by molar-refractivity contribution is 0.563. The molecule has 5 nitrogen and oxygen atoms in total. The molecule has 0 aliphatic carbocycles. The lowest BCUT2D eigenvalue weighted by Gasteiger charge is -2.09. The minimum atomic E-state index is -3.10. The predicted octanol–water partition coefficient (Wildman–Crippen LogP) is 3.65. The molecular formula is C17H27N3O2S2. The summed E-state index contributed by atoms with van der Waals surface area (Å²) in [5.41, 5.74) is 2.22. The Morgan fingerprint density at radius 3 is 2.71 bits per heavy atom. The van der Waals surface area contributed by atoms with Crippen LogP contribution in [-0.2, 0) is 16.6 Å². The number of imidazole rings is 1.